The minimum absolute atomic E-state index is 0.0126. The molecular weight excluding hydrogens is 552 g/mol. The minimum Gasteiger partial charge on any atom is -0.405 e. The van der Waals surface area contributed by atoms with Crippen molar-refractivity contribution in [2.75, 3.05) is 6.54 Å². The summed E-state index contributed by atoms with van der Waals surface area (Å²) in [5, 5.41) is 14.0. The van der Waals surface area contributed by atoms with Crippen molar-refractivity contribution in [2.24, 2.45) is 12.5 Å². The smallest absolute Gasteiger partial charge is 0.405 e. The maximum Gasteiger partial charge on any atom is 0.573 e. The van der Waals surface area contributed by atoms with Crippen LogP contribution in [0.3, 0.4) is 0 Å². The lowest BCUT2D eigenvalue weighted by molar-refractivity contribution is -0.274. The van der Waals surface area contributed by atoms with Crippen LogP contribution in [0.2, 0.25) is 0 Å². The lowest BCUT2D eigenvalue weighted by Gasteiger charge is -2.52. The van der Waals surface area contributed by atoms with Gasteiger partial charge in [-0.15, -0.1) is 23.4 Å². The number of hydrogen-bond donors (Lipinski definition) is 2. The van der Waals surface area contributed by atoms with E-state index in [4.69, 9.17) is 0 Å². The Bertz CT molecular complexity index is 1390. The maximum absolute atomic E-state index is 13.6. The molecule has 1 heterocycles. The molecule has 3 aliphatic carbocycles. The van der Waals surface area contributed by atoms with Gasteiger partial charge in [-0.2, -0.15) is 13.2 Å². The molecule has 220 valence electrons. The highest BCUT2D eigenvalue weighted by molar-refractivity contribution is 5.74. The maximum atomic E-state index is 13.6. The van der Waals surface area contributed by atoms with Crippen molar-refractivity contribution in [3.05, 3.63) is 65.5 Å². The third-order valence-electron chi connectivity index (χ3n) is 8.49. The number of para-hydroxylation sites is 1. The molecule has 7 nitrogen and oxygen atoms in total. The SMILES string of the molecule is Cn1c(-c2ccccc2C(F)(F)F)nnc1C12CCC(CNC(=O)NCc3ccccc3OC(F)(F)F)(CC1)CC2. The second-order valence-electron chi connectivity index (χ2n) is 10.9. The number of hydrogen-bond acceptors (Lipinski definition) is 4. The molecule has 13 heteroatoms. The highest BCUT2D eigenvalue weighted by Gasteiger charge is 2.51. The third-order valence-corrected chi connectivity index (χ3v) is 8.49. The zero-order valence-electron chi connectivity index (χ0n) is 22.2. The number of ether oxygens (including phenoxy) is 1. The number of urea groups is 1. The Morgan fingerprint density at radius 3 is 2.20 bits per heavy atom. The topological polar surface area (TPSA) is 81.1 Å². The Kier molecular flexibility index (Phi) is 7.41. The van der Waals surface area contributed by atoms with Crippen LogP contribution in [0, 0.1) is 5.41 Å². The van der Waals surface area contributed by atoms with Crippen LogP contribution in [0.5, 0.6) is 5.75 Å². The Hall–Kier alpha value is -3.77. The molecule has 0 spiro atoms. The molecule has 41 heavy (non-hydrogen) atoms. The molecule has 0 saturated heterocycles. The standard InChI is InChI=1S/C28H29F6N5O2/c1-39-22(19-7-3-4-8-20(19)27(29,30)31)37-38-23(39)26-13-10-25(11-14-26,12-15-26)17-36-24(40)35-16-18-6-2-5-9-21(18)41-28(32,33)34/h2-9H,10-17H2,1H3,(H2,35,36,40). The summed E-state index contributed by atoms with van der Waals surface area (Å²) in [6.45, 7) is 0.263. The Morgan fingerprint density at radius 1 is 0.902 bits per heavy atom. The molecule has 0 aliphatic heterocycles. The summed E-state index contributed by atoms with van der Waals surface area (Å²) < 4.78 is 84.5. The molecule has 2 aromatic carbocycles. The van der Waals surface area contributed by atoms with Gasteiger partial charge in [0.2, 0.25) is 0 Å². The van der Waals surface area contributed by atoms with Crippen molar-refractivity contribution < 1.29 is 35.9 Å². The van der Waals surface area contributed by atoms with Gasteiger partial charge in [0.15, 0.2) is 5.82 Å². The number of nitrogens with one attached hydrogen (secondary N) is 2. The van der Waals surface area contributed by atoms with Gasteiger partial charge in [0.05, 0.1) is 5.56 Å². The molecule has 1 aromatic heterocycles. The second-order valence-corrected chi connectivity index (χ2v) is 10.9. The Labute approximate surface area is 232 Å². The molecule has 3 aromatic rings. The van der Waals surface area contributed by atoms with Crippen molar-refractivity contribution in [3.63, 3.8) is 0 Å². The number of amides is 2. The van der Waals surface area contributed by atoms with Crippen LogP contribution in [0.25, 0.3) is 11.4 Å². The van der Waals surface area contributed by atoms with Crippen LogP contribution >= 0.6 is 0 Å². The first kappa shape index (κ1) is 28.7. The lowest BCUT2D eigenvalue weighted by Crippen LogP contribution is -2.51. The first-order chi connectivity index (χ1) is 19.3. The van der Waals surface area contributed by atoms with Gasteiger partial charge in [-0.1, -0.05) is 36.4 Å². The van der Waals surface area contributed by atoms with E-state index in [2.05, 4.69) is 25.6 Å². The first-order valence-corrected chi connectivity index (χ1v) is 13.2. The fourth-order valence-electron chi connectivity index (χ4n) is 6.19. The zero-order valence-corrected chi connectivity index (χ0v) is 22.2. The van der Waals surface area contributed by atoms with E-state index in [0.717, 1.165) is 44.6 Å². The minimum atomic E-state index is -4.84. The van der Waals surface area contributed by atoms with Gasteiger partial charge in [-0.05, 0) is 56.1 Å². The highest BCUT2D eigenvalue weighted by Crippen LogP contribution is 2.57. The summed E-state index contributed by atoms with van der Waals surface area (Å²) >= 11 is 0. The van der Waals surface area contributed by atoms with Crippen LogP contribution in [0.15, 0.2) is 48.5 Å². The summed E-state index contributed by atoms with van der Waals surface area (Å²) in [5.41, 5.74) is -1.02. The van der Waals surface area contributed by atoms with Crippen molar-refractivity contribution in [1.29, 1.82) is 0 Å². The molecule has 0 radical (unpaired) electrons. The van der Waals surface area contributed by atoms with E-state index in [1.165, 1.54) is 30.3 Å². The van der Waals surface area contributed by atoms with E-state index in [0.29, 0.717) is 12.4 Å². The average Bonchev–Trinajstić information content (AvgIpc) is 3.33. The summed E-state index contributed by atoms with van der Waals surface area (Å²) in [7, 11) is 1.70. The summed E-state index contributed by atoms with van der Waals surface area (Å²) in [4.78, 5) is 12.5. The van der Waals surface area contributed by atoms with E-state index < -0.39 is 24.1 Å². The molecule has 6 rings (SSSR count). The lowest BCUT2D eigenvalue weighted by atomic mass is 9.53. The monoisotopic (exact) mass is 581 g/mol. The number of carbonyl (C=O) groups is 1. The normalized spacial score (nSPS) is 22.4. The zero-order chi connectivity index (χ0) is 29.5. The molecule has 2 bridgehead atoms. The molecule has 3 saturated carbocycles. The van der Waals surface area contributed by atoms with E-state index in [1.54, 1.807) is 23.7 Å². The van der Waals surface area contributed by atoms with Gasteiger partial charge < -0.3 is 19.9 Å². The largest absolute Gasteiger partial charge is 0.573 e. The number of fused-ring (bicyclic) bond motifs is 3. The number of benzene rings is 2. The van der Waals surface area contributed by atoms with E-state index >= 15 is 0 Å². The molecule has 0 atom stereocenters. The second kappa shape index (κ2) is 10.6. The van der Waals surface area contributed by atoms with Crippen molar-refractivity contribution in [3.8, 4) is 17.1 Å². The van der Waals surface area contributed by atoms with Gasteiger partial charge in [0.25, 0.3) is 0 Å². The van der Waals surface area contributed by atoms with E-state index in [-0.39, 0.29) is 40.1 Å². The number of carbonyl (C=O) groups excluding carboxylic acids is 1. The first-order valence-electron chi connectivity index (χ1n) is 13.2. The highest BCUT2D eigenvalue weighted by atomic mass is 19.4. The molecule has 0 unspecified atom stereocenters. The van der Waals surface area contributed by atoms with Gasteiger partial charge in [-0.3, -0.25) is 0 Å². The number of rotatable bonds is 7. The third kappa shape index (κ3) is 5.98. The van der Waals surface area contributed by atoms with E-state index in [1.807, 2.05) is 0 Å². The van der Waals surface area contributed by atoms with Crippen LogP contribution in [0.1, 0.15) is 55.5 Å². The van der Waals surface area contributed by atoms with E-state index in [9.17, 15) is 31.1 Å². The summed E-state index contributed by atoms with van der Waals surface area (Å²) in [6.07, 6.45) is -4.72. The fourth-order valence-corrected chi connectivity index (χ4v) is 6.19. The van der Waals surface area contributed by atoms with Gasteiger partial charge in [0.1, 0.15) is 11.6 Å². The van der Waals surface area contributed by atoms with Crippen molar-refractivity contribution >= 4 is 6.03 Å². The summed E-state index contributed by atoms with van der Waals surface area (Å²) in [6, 6.07) is 10.4. The predicted molar refractivity (Wildman–Crippen MR) is 137 cm³/mol. The number of alkyl halides is 6. The van der Waals surface area contributed by atoms with Crippen LogP contribution in [0.4, 0.5) is 31.1 Å². The summed E-state index contributed by atoms with van der Waals surface area (Å²) in [5.74, 6) is 0.470. The number of halogens is 6. The number of aromatic nitrogens is 3. The van der Waals surface area contributed by atoms with Gasteiger partial charge >= 0.3 is 18.6 Å². The molecule has 3 aliphatic rings. The number of nitrogens with zero attached hydrogens (tertiary/aromatic N) is 3. The van der Waals surface area contributed by atoms with Crippen molar-refractivity contribution in [2.45, 2.75) is 63.0 Å². The van der Waals surface area contributed by atoms with Crippen LogP contribution < -0.4 is 15.4 Å². The molecule has 2 N–H and O–H groups in total. The predicted octanol–water partition coefficient (Wildman–Crippen LogP) is 6.49. The van der Waals surface area contributed by atoms with Gasteiger partial charge in [-0.25, -0.2) is 4.79 Å². The van der Waals surface area contributed by atoms with Crippen LogP contribution in [-0.2, 0) is 25.2 Å². The van der Waals surface area contributed by atoms with Gasteiger partial charge in [0, 0.05) is 36.7 Å². The quantitative estimate of drug-likeness (QED) is 0.313. The molecular formula is C28H29F6N5O2. The van der Waals surface area contributed by atoms with Crippen molar-refractivity contribution in [1.82, 2.24) is 25.4 Å². The molecule has 2 amide bonds. The Morgan fingerprint density at radius 2 is 1.54 bits per heavy atom. The average molecular weight is 582 g/mol. The molecule has 3 fully saturated rings. The fraction of sp³-hybridized carbons (Fsp3) is 0.464. The van der Waals surface area contributed by atoms with Crippen LogP contribution in [-0.4, -0.2) is 33.7 Å². The Balaban J connectivity index is 1.20.